The van der Waals surface area contributed by atoms with E-state index in [1.54, 1.807) is 18.3 Å². The molecule has 0 fully saturated rings. The van der Waals surface area contributed by atoms with Gasteiger partial charge in [-0.25, -0.2) is 4.98 Å². The Morgan fingerprint density at radius 1 is 0.960 bits per heavy atom. The van der Waals surface area contributed by atoms with Crippen LogP contribution < -0.4 is 4.74 Å². The van der Waals surface area contributed by atoms with Crippen LogP contribution in [0.5, 0.6) is 5.75 Å². The number of ketones is 2. The lowest BCUT2D eigenvalue weighted by Gasteiger charge is -2.19. The summed E-state index contributed by atoms with van der Waals surface area (Å²) in [5, 5.41) is 0. The molecule has 25 heavy (non-hydrogen) atoms. The molecule has 1 aliphatic carbocycles. The number of fused-ring (bicyclic) bond motifs is 2. The van der Waals surface area contributed by atoms with E-state index in [-0.39, 0.29) is 28.5 Å². The summed E-state index contributed by atoms with van der Waals surface area (Å²) in [6, 6.07) is 12.8. The van der Waals surface area contributed by atoms with E-state index in [2.05, 4.69) is 9.97 Å². The Bertz CT molecular complexity index is 1030. The number of pyridine rings is 2. The second-order valence-electron chi connectivity index (χ2n) is 5.87. The fraction of sp³-hybridized carbons (Fsp3) is 0.100. The molecule has 2 aromatic heterocycles. The van der Waals surface area contributed by atoms with Gasteiger partial charge in [0.25, 0.3) is 0 Å². The van der Waals surface area contributed by atoms with E-state index in [0.29, 0.717) is 17.0 Å². The maximum Gasteiger partial charge on any atom is 0.231 e. The first-order valence-electron chi connectivity index (χ1n) is 7.80. The Morgan fingerprint density at radius 3 is 2.44 bits per heavy atom. The Morgan fingerprint density at radius 2 is 1.72 bits per heavy atom. The predicted octanol–water partition coefficient (Wildman–Crippen LogP) is 3.24. The lowest BCUT2D eigenvalue weighted by atomic mass is 9.88. The molecule has 3 aromatic rings. The van der Waals surface area contributed by atoms with E-state index in [9.17, 15) is 9.59 Å². The monoisotopic (exact) mass is 330 g/mol. The number of hydrogen-bond donors (Lipinski definition) is 0. The van der Waals surface area contributed by atoms with Crippen LogP contribution in [0.2, 0.25) is 0 Å². The summed E-state index contributed by atoms with van der Waals surface area (Å²) >= 11 is 0. The second kappa shape index (κ2) is 5.63. The van der Waals surface area contributed by atoms with Crippen LogP contribution in [-0.2, 0) is 0 Å². The van der Waals surface area contributed by atoms with Crippen molar-refractivity contribution in [3.63, 3.8) is 0 Å². The van der Waals surface area contributed by atoms with Crippen molar-refractivity contribution >= 4 is 11.6 Å². The quantitative estimate of drug-likeness (QED) is 0.564. The largest absolute Gasteiger partial charge is 0.496 e. The average molecular weight is 330 g/mol. The van der Waals surface area contributed by atoms with Gasteiger partial charge in [-0.2, -0.15) is 0 Å². The third kappa shape index (κ3) is 2.32. The standard InChI is InChI=1S/C20H14N2O3/c1-11-8-13-17(21-10-11)20(24)18-16(19(13)23)15(25-2)9-14(22-18)12-6-4-3-5-7-12/h3-10H,1-2H3. The van der Waals surface area contributed by atoms with Crippen LogP contribution >= 0.6 is 0 Å². The molecule has 0 N–H and O–H groups in total. The van der Waals surface area contributed by atoms with Crippen LogP contribution in [0.4, 0.5) is 0 Å². The van der Waals surface area contributed by atoms with Gasteiger partial charge < -0.3 is 4.74 Å². The fourth-order valence-corrected chi connectivity index (χ4v) is 2.99. The van der Waals surface area contributed by atoms with E-state index in [4.69, 9.17) is 4.74 Å². The zero-order chi connectivity index (χ0) is 17.6. The van der Waals surface area contributed by atoms with Crippen LogP contribution in [0.15, 0.2) is 48.7 Å². The van der Waals surface area contributed by atoms with E-state index >= 15 is 0 Å². The lowest BCUT2D eigenvalue weighted by Crippen LogP contribution is -2.25. The van der Waals surface area contributed by atoms with Crippen molar-refractivity contribution in [2.75, 3.05) is 7.11 Å². The summed E-state index contributed by atoms with van der Waals surface area (Å²) in [6.45, 7) is 1.83. The predicted molar refractivity (Wildman–Crippen MR) is 92.1 cm³/mol. The topological polar surface area (TPSA) is 69.2 Å². The molecule has 4 rings (SSSR count). The van der Waals surface area contributed by atoms with Crippen molar-refractivity contribution in [3.8, 4) is 17.0 Å². The molecule has 0 spiro atoms. The van der Waals surface area contributed by atoms with Gasteiger partial charge in [-0.3, -0.25) is 14.6 Å². The Labute approximate surface area is 144 Å². The maximum atomic E-state index is 12.9. The van der Waals surface area contributed by atoms with Crippen molar-refractivity contribution in [3.05, 3.63) is 76.7 Å². The van der Waals surface area contributed by atoms with Gasteiger partial charge in [0.15, 0.2) is 0 Å². The number of hydrogen-bond acceptors (Lipinski definition) is 5. The number of carbonyl (C=O) groups excluding carboxylic acids is 2. The Kier molecular flexibility index (Phi) is 3.42. The van der Waals surface area contributed by atoms with Crippen molar-refractivity contribution in [2.24, 2.45) is 0 Å². The zero-order valence-corrected chi connectivity index (χ0v) is 13.7. The van der Waals surface area contributed by atoms with Crippen molar-refractivity contribution in [1.29, 1.82) is 0 Å². The third-order valence-electron chi connectivity index (χ3n) is 4.20. The summed E-state index contributed by atoms with van der Waals surface area (Å²) in [5.41, 5.74) is 2.96. The van der Waals surface area contributed by atoms with Gasteiger partial charge in [-0.15, -0.1) is 0 Å². The summed E-state index contributed by atoms with van der Waals surface area (Å²) in [6.07, 6.45) is 1.58. The summed E-state index contributed by atoms with van der Waals surface area (Å²) in [4.78, 5) is 34.4. The van der Waals surface area contributed by atoms with Crippen molar-refractivity contribution in [1.82, 2.24) is 9.97 Å². The number of aromatic nitrogens is 2. The van der Waals surface area contributed by atoms with E-state index in [1.807, 2.05) is 37.3 Å². The van der Waals surface area contributed by atoms with Crippen LogP contribution in [0.1, 0.15) is 37.7 Å². The fourth-order valence-electron chi connectivity index (χ4n) is 2.99. The minimum Gasteiger partial charge on any atom is -0.496 e. The SMILES string of the molecule is COc1cc(-c2ccccc2)nc2c1C(=O)c1cc(C)cnc1C2=O. The number of benzene rings is 1. The first kappa shape index (κ1) is 15.2. The summed E-state index contributed by atoms with van der Waals surface area (Å²) in [7, 11) is 1.48. The Hall–Kier alpha value is -3.34. The molecule has 0 amide bonds. The normalized spacial score (nSPS) is 12.6. The van der Waals surface area contributed by atoms with E-state index in [1.165, 1.54) is 7.11 Å². The van der Waals surface area contributed by atoms with E-state index in [0.717, 1.165) is 11.1 Å². The third-order valence-corrected chi connectivity index (χ3v) is 4.20. The number of carbonyl (C=O) groups is 2. The summed E-state index contributed by atoms with van der Waals surface area (Å²) < 4.78 is 5.41. The number of aryl methyl sites for hydroxylation is 1. The zero-order valence-electron chi connectivity index (χ0n) is 13.7. The highest BCUT2D eigenvalue weighted by molar-refractivity contribution is 6.28. The molecular formula is C20H14N2O3. The maximum absolute atomic E-state index is 12.9. The minimum absolute atomic E-state index is 0.0899. The first-order chi connectivity index (χ1) is 12.1. The molecule has 5 nitrogen and oxygen atoms in total. The summed E-state index contributed by atoms with van der Waals surface area (Å²) in [5.74, 6) is -0.306. The smallest absolute Gasteiger partial charge is 0.231 e. The second-order valence-corrected chi connectivity index (χ2v) is 5.87. The molecule has 0 radical (unpaired) electrons. The highest BCUT2D eigenvalue weighted by Crippen LogP contribution is 2.34. The molecule has 0 saturated carbocycles. The van der Waals surface area contributed by atoms with Crippen LogP contribution in [0.3, 0.4) is 0 Å². The number of nitrogens with zero attached hydrogens (tertiary/aromatic N) is 2. The number of rotatable bonds is 2. The molecule has 0 bridgehead atoms. The van der Waals surface area contributed by atoms with Crippen LogP contribution in [0, 0.1) is 6.92 Å². The number of methoxy groups -OCH3 is 1. The van der Waals surface area contributed by atoms with E-state index < -0.39 is 0 Å². The molecule has 1 aromatic carbocycles. The van der Waals surface area contributed by atoms with Gasteiger partial charge in [0.1, 0.15) is 17.1 Å². The molecule has 1 aliphatic rings. The highest BCUT2D eigenvalue weighted by atomic mass is 16.5. The molecule has 0 saturated heterocycles. The first-order valence-corrected chi connectivity index (χ1v) is 7.80. The molecule has 0 atom stereocenters. The van der Waals surface area contributed by atoms with Gasteiger partial charge in [0.2, 0.25) is 11.6 Å². The lowest BCUT2D eigenvalue weighted by molar-refractivity contribution is 0.0969. The van der Waals surface area contributed by atoms with Crippen LogP contribution in [0.25, 0.3) is 11.3 Å². The Balaban J connectivity index is 1.98. The molecule has 5 heteroatoms. The van der Waals surface area contributed by atoms with Gasteiger partial charge in [0, 0.05) is 17.8 Å². The van der Waals surface area contributed by atoms with Gasteiger partial charge in [-0.1, -0.05) is 30.3 Å². The molecule has 0 aliphatic heterocycles. The average Bonchev–Trinajstić information content (AvgIpc) is 2.65. The van der Waals surface area contributed by atoms with Gasteiger partial charge >= 0.3 is 0 Å². The van der Waals surface area contributed by atoms with Crippen LogP contribution in [-0.4, -0.2) is 28.6 Å². The van der Waals surface area contributed by atoms with Crippen molar-refractivity contribution < 1.29 is 14.3 Å². The molecule has 0 unspecified atom stereocenters. The molecule has 122 valence electrons. The molecular weight excluding hydrogens is 316 g/mol. The highest BCUT2D eigenvalue weighted by Gasteiger charge is 2.35. The number of ether oxygens (including phenoxy) is 1. The van der Waals surface area contributed by atoms with Gasteiger partial charge in [-0.05, 0) is 18.6 Å². The molecule has 2 heterocycles. The van der Waals surface area contributed by atoms with Crippen molar-refractivity contribution in [2.45, 2.75) is 6.92 Å². The minimum atomic E-state index is -0.360. The van der Waals surface area contributed by atoms with Gasteiger partial charge in [0.05, 0.1) is 23.9 Å².